The van der Waals surface area contributed by atoms with Crippen LogP contribution < -0.4 is 0 Å². The van der Waals surface area contributed by atoms with Gasteiger partial charge in [0.15, 0.2) is 0 Å². The van der Waals surface area contributed by atoms with E-state index in [0.717, 1.165) is 53.4 Å². The first-order chi connectivity index (χ1) is 18.4. The molecule has 2 heterocycles. The first-order valence-corrected chi connectivity index (χ1v) is 13.5. The fourth-order valence-corrected chi connectivity index (χ4v) is 6.93. The van der Waals surface area contributed by atoms with Gasteiger partial charge in [0.2, 0.25) is 5.91 Å². The minimum atomic E-state index is -0.463. The van der Waals surface area contributed by atoms with Crippen molar-refractivity contribution in [2.75, 3.05) is 20.6 Å². The molecule has 1 amide bonds. The number of aromatic nitrogens is 1. The van der Waals surface area contributed by atoms with Crippen LogP contribution in [0.15, 0.2) is 84.9 Å². The fraction of sp³-hybridized carbons (Fsp3) is 0.303. The molecule has 0 atom stereocenters. The summed E-state index contributed by atoms with van der Waals surface area (Å²) in [7, 11) is 4.32. The summed E-state index contributed by atoms with van der Waals surface area (Å²) >= 11 is 0. The third-order valence-electron chi connectivity index (χ3n) is 8.99. The van der Waals surface area contributed by atoms with Gasteiger partial charge in [0.1, 0.15) is 5.82 Å². The molecule has 1 aliphatic heterocycles. The maximum atomic E-state index is 14.3. The number of hydrogen-bond acceptors (Lipinski definition) is 2. The van der Waals surface area contributed by atoms with Crippen LogP contribution in [0.1, 0.15) is 48.1 Å². The number of nitrogens with one attached hydrogen (secondary N) is 1. The molecule has 1 aromatic heterocycles. The van der Waals surface area contributed by atoms with Crippen LogP contribution in [-0.2, 0) is 22.3 Å². The van der Waals surface area contributed by atoms with Crippen molar-refractivity contribution in [3.8, 4) is 0 Å². The average molecular weight is 508 g/mol. The lowest BCUT2D eigenvalue weighted by molar-refractivity contribution is -0.137. The molecule has 38 heavy (non-hydrogen) atoms. The smallest absolute Gasteiger partial charge is 0.247 e. The SMILES string of the molecule is CN(C)[C@]1(c2ccccc2)CC[C@@]2(CC1)c1[nH]c3ccc(F)cc3c1CCN2C(=O)/C=C/c1ccccc1. The molecule has 0 bridgehead atoms. The predicted molar refractivity (Wildman–Crippen MR) is 151 cm³/mol. The molecule has 1 fully saturated rings. The average Bonchev–Trinajstić information content (AvgIpc) is 3.32. The molecule has 1 saturated carbocycles. The molecule has 0 saturated heterocycles. The van der Waals surface area contributed by atoms with Crippen molar-refractivity contribution in [1.82, 2.24) is 14.8 Å². The molecule has 1 spiro atoms. The molecular weight excluding hydrogens is 473 g/mol. The normalized spacial score (nSPS) is 23.4. The number of carbonyl (C=O) groups excluding carboxylic acids is 1. The Labute approximate surface area is 223 Å². The van der Waals surface area contributed by atoms with Crippen molar-refractivity contribution in [2.45, 2.75) is 43.2 Å². The van der Waals surface area contributed by atoms with Gasteiger partial charge in [0, 0.05) is 34.8 Å². The second kappa shape index (κ2) is 9.55. The van der Waals surface area contributed by atoms with Crippen molar-refractivity contribution >= 4 is 22.9 Å². The lowest BCUT2D eigenvalue weighted by Crippen LogP contribution is -2.58. The van der Waals surface area contributed by atoms with Gasteiger partial charge in [-0.25, -0.2) is 4.39 Å². The fourth-order valence-electron chi connectivity index (χ4n) is 6.93. The second-order valence-corrected chi connectivity index (χ2v) is 11.0. The minimum absolute atomic E-state index is 0.0291. The number of benzene rings is 3. The highest BCUT2D eigenvalue weighted by molar-refractivity contribution is 5.93. The van der Waals surface area contributed by atoms with Crippen LogP contribution in [0.2, 0.25) is 0 Å². The molecular formula is C33H34FN3O. The number of carbonyl (C=O) groups is 1. The number of hydrogen-bond donors (Lipinski definition) is 1. The zero-order valence-corrected chi connectivity index (χ0v) is 22.1. The predicted octanol–water partition coefficient (Wildman–Crippen LogP) is 6.63. The Hall–Kier alpha value is -3.70. The lowest BCUT2D eigenvalue weighted by Gasteiger charge is -2.55. The number of rotatable bonds is 4. The topological polar surface area (TPSA) is 39.3 Å². The minimum Gasteiger partial charge on any atom is -0.356 e. The Kier molecular flexibility index (Phi) is 6.19. The van der Waals surface area contributed by atoms with Crippen molar-refractivity contribution < 1.29 is 9.18 Å². The van der Waals surface area contributed by atoms with Crippen molar-refractivity contribution in [3.63, 3.8) is 0 Å². The Morgan fingerprint density at radius 1 is 0.947 bits per heavy atom. The number of fused-ring (bicyclic) bond motifs is 4. The molecule has 1 N–H and O–H groups in total. The molecule has 0 radical (unpaired) electrons. The third-order valence-corrected chi connectivity index (χ3v) is 8.99. The monoisotopic (exact) mass is 507 g/mol. The molecule has 1 aliphatic carbocycles. The van der Waals surface area contributed by atoms with E-state index >= 15 is 0 Å². The number of aromatic amines is 1. The lowest BCUT2D eigenvalue weighted by atomic mass is 9.65. The van der Waals surface area contributed by atoms with E-state index in [0.29, 0.717) is 13.0 Å². The summed E-state index contributed by atoms with van der Waals surface area (Å²) in [5.74, 6) is -0.196. The van der Waals surface area contributed by atoms with Crippen molar-refractivity contribution in [2.24, 2.45) is 0 Å². The van der Waals surface area contributed by atoms with Gasteiger partial charge in [-0.2, -0.15) is 0 Å². The van der Waals surface area contributed by atoms with Gasteiger partial charge in [-0.1, -0.05) is 60.7 Å². The number of nitrogens with zero attached hydrogens (tertiary/aromatic N) is 2. The number of amides is 1. The Morgan fingerprint density at radius 2 is 1.63 bits per heavy atom. The van der Waals surface area contributed by atoms with Gasteiger partial charge in [0.25, 0.3) is 0 Å². The Bertz CT molecular complexity index is 1480. The first-order valence-electron chi connectivity index (χ1n) is 13.5. The van der Waals surface area contributed by atoms with Crippen LogP contribution >= 0.6 is 0 Å². The number of H-pyrrole nitrogens is 1. The summed E-state index contributed by atoms with van der Waals surface area (Å²) < 4.78 is 14.3. The molecule has 4 aromatic rings. The van der Waals surface area contributed by atoms with Gasteiger partial charge in [-0.05, 0) is 87.2 Å². The highest BCUT2D eigenvalue weighted by Gasteiger charge is 2.52. The molecule has 4 nitrogen and oxygen atoms in total. The quantitative estimate of drug-likeness (QED) is 0.315. The van der Waals surface area contributed by atoms with E-state index in [9.17, 15) is 9.18 Å². The van der Waals surface area contributed by atoms with Gasteiger partial charge >= 0.3 is 0 Å². The van der Waals surface area contributed by atoms with Crippen LogP contribution in [0.5, 0.6) is 0 Å². The van der Waals surface area contributed by atoms with Crippen molar-refractivity contribution in [1.29, 1.82) is 0 Å². The van der Waals surface area contributed by atoms with Crippen molar-refractivity contribution in [3.05, 3.63) is 113 Å². The maximum Gasteiger partial charge on any atom is 0.247 e. The summed E-state index contributed by atoms with van der Waals surface area (Å²) in [5, 5.41) is 0.943. The van der Waals surface area contributed by atoms with E-state index < -0.39 is 5.54 Å². The van der Waals surface area contributed by atoms with E-state index in [1.165, 1.54) is 11.6 Å². The summed E-state index contributed by atoms with van der Waals surface area (Å²) in [6.45, 7) is 0.620. The standard InChI is InChI=1S/C33H34FN3O/c1-36(2)32(25-11-7-4-8-12-25)18-20-33(21-19-32)31-27(28-23-26(34)14-15-29(28)35-31)17-22-37(33)30(38)16-13-24-9-5-3-6-10-24/h3-16,23,35H,17-22H2,1-2H3/b16-13+/t32-,33-. The van der Waals surface area contributed by atoms with Crippen LogP contribution in [0, 0.1) is 5.82 Å². The highest BCUT2D eigenvalue weighted by atomic mass is 19.1. The van der Waals surface area contributed by atoms with Gasteiger partial charge in [0.05, 0.1) is 5.54 Å². The maximum absolute atomic E-state index is 14.3. The molecule has 5 heteroatoms. The molecule has 6 rings (SSSR count). The van der Waals surface area contributed by atoms with E-state index in [2.05, 4.69) is 59.2 Å². The second-order valence-electron chi connectivity index (χ2n) is 11.0. The van der Waals surface area contributed by atoms with E-state index in [1.54, 1.807) is 12.1 Å². The summed E-state index contributed by atoms with van der Waals surface area (Å²) in [4.78, 5) is 21.9. The molecule has 2 aliphatic rings. The van der Waals surface area contributed by atoms with Gasteiger partial charge in [-0.3, -0.25) is 9.69 Å². The molecule has 194 valence electrons. The zero-order valence-electron chi connectivity index (χ0n) is 22.1. The van der Waals surface area contributed by atoms with E-state index in [-0.39, 0.29) is 17.3 Å². The van der Waals surface area contributed by atoms with E-state index in [4.69, 9.17) is 0 Å². The first kappa shape index (κ1) is 24.6. The summed E-state index contributed by atoms with van der Waals surface area (Å²) in [5.41, 5.74) is 4.95. The summed E-state index contributed by atoms with van der Waals surface area (Å²) in [6, 6.07) is 25.7. The van der Waals surface area contributed by atoms with Crippen LogP contribution in [0.25, 0.3) is 17.0 Å². The Balaban J connectivity index is 1.43. The van der Waals surface area contributed by atoms with Crippen LogP contribution in [-0.4, -0.2) is 41.3 Å². The summed E-state index contributed by atoms with van der Waals surface area (Å²) in [6.07, 6.45) is 7.82. The van der Waals surface area contributed by atoms with E-state index in [1.807, 2.05) is 42.5 Å². The third kappa shape index (κ3) is 3.97. The van der Waals surface area contributed by atoms with Gasteiger partial charge in [-0.15, -0.1) is 0 Å². The molecule has 3 aromatic carbocycles. The largest absolute Gasteiger partial charge is 0.356 e. The Morgan fingerprint density at radius 3 is 2.32 bits per heavy atom. The zero-order chi connectivity index (χ0) is 26.3. The number of halogens is 1. The molecule has 0 unspecified atom stereocenters. The van der Waals surface area contributed by atoms with Gasteiger partial charge < -0.3 is 9.88 Å². The highest BCUT2D eigenvalue weighted by Crippen LogP contribution is 2.53. The van der Waals surface area contributed by atoms with Crippen LogP contribution in [0.4, 0.5) is 4.39 Å². The van der Waals surface area contributed by atoms with Crippen LogP contribution in [0.3, 0.4) is 0 Å².